The van der Waals surface area contributed by atoms with E-state index in [-0.39, 0.29) is 11.8 Å². The smallest absolute Gasteiger partial charge is 0.257 e. The van der Waals surface area contributed by atoms with Gasteiger partial charge in [0.15, 0.2) is 5.13 Å². The number of nitrogens with one attached hydrogen (secondary N) is 2. The summed E-state index contributed by atoms with van der Waals surface area (Å²) in [7, 11) is 0. The van der Waals surface area contributed by atoms with Gasteiger partial charge in [-0.1, -0.05) is 47.7 Å². The van der Waals surface area contributed by atoms with Gasteiger partial charge in [0, 0.05) is 23.9 Å². The monoisotopic (exact) mass is 380 g/mol. The summed E-state index contributed by atoms with van der Waals surface area (Å²) >= 11 is 1.40. The van der Waals surface area contributed by atoms with Crippen LogP contribution in [0, 0.1) is 0 Å². The second kappa shape index (κ2) is 9.07. The number of hydrogen-bond donors (Lipinski definition) is 3. The molecular weight excluding hydrogens is 360 g/mol. The number of nitrogens with zero attached hydrogens (tertiary/aromatic N) is 1. The van der Waals surface area contributed by atoms with Crippen molar-refractivity contribution >= 4 is 28.3 Å². The highest BCUT2D eigenvalue weighted by Crippen LogP contribution is 2.28. The van der Waals surface area contributed by atoms with Crippen molar-refractivity contribution < 1.29 is 9.59 Å². The van der Waals surface area contributed by atoms with E-state index in [1.807, 2.05) is 30.3 Å². The van der Waals surface area contributed by atoms with Crippen molar-refractivity contribution in [3.8, 4) is 10.4 Å². The van der Waals surface area contributed by atoms with E-state index in [0.717, 1.165) is 10.4 Å². The third-order valence-corrected chi connectivity index (χ3v) is 4.80. The summed E-state index contributed by atoms with van der Waals surface area (Å²) in [6, 6.07) is 16.4. The predicted octanol–water partition coefficient (Wildman–Crippen LogP) is 3.14. The largest absolute Gasteiger partial charge is 0.352 e. The van der Waals surface area contributed by atoms with Crippen molar-refractivity contribution in [2.75, 3.05) is 18.4 Å². The number of carbonyl (C=O) groups excluding carboxylic acids is 2. The van der Waals surface area contributed by atoms with E-state index in [2.05, 4.69) is 15.6 Å². The average Bonchev–Trinajstić information content (AvgIpc) is 3.17. The van der Waals surface area contributed by atoms with Crippen LogP contribution in [0.5, 0.6) is 0 Å². The first kappa shape index (κ1) is 18.8. The van der Waals surface area contributed by atoms with Gasteiger partial charge in [0.1, 0.15) is 0 Å². The lowest BCUT2D eigenvalue weighted by atomic mass is 10.1. The number of thiazole rings is 1. The van der Waals surface area contributed by atoms with E-state index in [0.29, 0.717) is 35.8 Å². The molecule has 0 aliphatic heterocycles. The highest BCUT2D eigenvalue weighted by Gasteiger charge is 2.12. The number of anilines is 1. The number of amides is 2. The molecule has 0 fully saturated rings. The van der Waals surface area contributed by atoms with E-state index in [9.17, 15) is 9.59 Å². The topological polar surface area (TPSA) is 97.1 Å². The molecule has 3 aromatic rings. The van der Waals surface area contributed by atoms with E-state index in [1.54, 1.807) is 30.5 Å². The van der Waals surface area contributed by atoms with Gasteiger partial charge in [-0.15, -0.1) is 0 Å². The van der Waals surface area contributed by atoms with Gasteiger partial charge in [-0.2, -0.15) is 0 Å². The maximum atomic E-state index is 12.5. The molecule has 2 aromatic carbocycles. The first-order chi connectivity index (χ1) is 13.2. The Morgan fingerprint density at radius 3 is 2.48 bits per heavy atom. The molecular formula is C20H20N4O2S. The Morgan fingerprint density at radius 1 is 1.00 bits per heavy atom. The van der Waals surface area contributed by atoms with E-state index in [4.69, 9.17) is 5.73 Å². The third-order valence-electron chi connectivity index (χ3n) is 3.84. The fourth-order valence-corrected chi connectivity index (χ4v) is 3.26. The minimum Gasteiger partial charge on any atom is -0.352 e. The minimum atomic E-state index is -0.305. The molecule has 6 nitrogen and oxygen atoms in total. The summed E-state index contributed by atoms with van der Waals surface area (Å²) in [6.45, 7) is 1.02. The number of rotatable bonds is 7. The summed E-state index contributed by atoms with van der Waals surface area (Å²) in [6.07, 6.45) is 2.44. The number of hydrogen-bond acceptors (Lipinski definition) is 5. The van der Waals surface area contributed by atoms with E-state index >= 15 is 0 Å². The second-order valence-electron chi connectivity index (χ2n) is 5.83. The second-order valence-corrected chi connectivity index (χ2v) is 6.86. The first-order valence-corrected chi connectivity index (χ1v) is 9.40. The summed E-state index contributed by atoms with van der Waals surface area (Å²) in [4.78, 5) is 29.9. The van der Waals surface area contributed by atoms with E-state index in [1.165, 1.54) is 11.3 Å². The Bertz CT molecular complexity index is 924. The van der Waals surface area contributed by atoms with Crippen LogP contribution in [0.1, 0.15) is 27.1 Å². The Labute approximate surface area is 161 Å². The van der Waals surface area contributed by atoms with Gasteiger partial charge < -0.3 is 11.1 Å². The fourth-order valence-electron chi connectivity index (χ4n) is 2.44. The summed E-state index contributed by atoms with van der Waals surface area (Å²) in [5.74, 6) is -0.528. The van der Waals surface area contributed by atoms with Crippen LogP contribution in [-0.4, -0.2) is 29.9 Å². The average molecular weight is 380 g/mol. The van der Waals surface area contributed by atoms with Crippen LogP contribution >= 0.6 is 11.3 Å². The van der Waals surface area contributed by atoms with Gasteiger partial charge >= 0.3 is 0 Å². The van der Waals surface area contributed by atoms with Crippen molar-refractivity contribution in [2.24, 2.45) is 5.73 Å². The molecule has 138 valence electrons. The van der Waals surface area contributed by atoms with Crippen molar-refractivity contribution in [1.82, 2.24) is 10.3 Å². The lowest BCUT2D eigenvalue weighted by Crippen LogP contribution is -2.26. The molecule has 0 radical (unpaired) electrons. The molecule has 4 N–H and O–H groups in total. The molecule has 2 amide bonds. The van der Waals surface area contributed by atoms with Gasteiger partial charge in [0.25, 0.3) is 11.8 Å². The Kier molecular flexibility index (Phi) is 6.30. The van der Waals surface area contributed by atoms with Crippen LogP contribution in [0.3, 0.4) is 0 Å². The van der Waals surface area contributed by atoms with Crippen molar-refractivity contribution in [3.05, 3.63) is 71.9 Å². The molecule has 0 bridgehead atoms. The third kappa shape index (κ3) is 4.99. The number of carbonyl (C=O) groups is 2. The summed E-state index contributed by atoms with van der Waals surface area (Å²) in [5, 5.41) is 6.07. The first-order valence-electron chi connectivity index (χ1n) is 8.58. The minimum absolute atomic E-state index is 0.223. The van der Waals surface area contributed by atoms with Crippen molar-refractivity contribution in [1.29, 1.82) is 0 Å². The molecule has 0 spiro atoms. The molecule has 7 heteroatoms. The van der Waals surface area contributed by atoms with Crippen LogP contribution < -0.4 is 16.4 Å². The molecule has 27 heavy (non-hydrogen) atoms. The summed E-state index contributed by atoms with van der Waals surface area (Å²) < 4.78 is 0. The van der Waals surface area contributed by atoms with Gasteiger partial charge in [-0.25, -0.2) is 4.98 Å². The number of aromatic nitrogens is 1. The SMILES string of the molecule is NCCCNC(=O)c1cccc(C(=O)Nc2ncc(-c3ccccc3)s2)c1. The van der Waals surface area contributed by atoms with Gasteiger partial charge in [-0.3, -0.25) is 14.9 Å². The standard InChI is InChI=1S/C20H20N4O2S/c21-10-5-11-22-18(25)15-8-4-9-16(12-15)19(26)24-20-23-13-17(27-20)14-6-2-1-3-7-14/h1-4,6-9,12-13H,5,10-11,21H2,(H,22,25)(H,23,24,26). The molecule has 0 atom stereocenters. The highest BCUT2D eigenvalue weighted by atomic mass is 32.1. The molecule has 1 heterocycles. The van der Waals surface area contributed by atoms with Crippen molar-refractivity contribution in [2.45, 2.75) is 6.42 Å². The molecule has 0 saturated heterocycles. The zero-order valence-electron chi connectivity index (χ0n) is 14.6. The quantitative estimate of drug-likeness (QED) is 0.549. The van der Waals surface area contributed by atoms with Crippen LogP contribution in [0.15, 0.2) is 60.8 Å². The Balaban J connectivity index is 1.67. The maximum Gasteiger partial charge on any atom is 0.257 e. The van der Waals surface area contributed by atoms with Gasteiger partial charge in [0.2, 0.25) is 0 Å². The number of benzene rings is 2. The molecule has 0 saturated carbocycles. The maximum absolute atomic E-state index is 12.5. The summed E-state index contributed by atoms with van der Waals surface area (Å²) in [5.41, 5.74) is 7.30. The Morgan fingerprint density at radius 2 is 1.74 bits per heavy atom. The number of nitrogens with two attached hydrogens (primary N) is 1. The molecule has 0 aliphatic carbocycles. The lowest BCUT2D eigenvalue weighted by Gasteiger charge is -2.06. The van der Waals surface area contributed by atoms with Crippen LogP contribution in [0.2, 0.25) is 0 Å². The van der Waals surface area contributed by atoms with Crippen LogP contribution in [-0.2, 0) is 0 Å². The molecule has 0 aliphatic rings. The lowest BCUT2D eigenvalue weighted by molar-refractivity contribution is 0.0953. The highest BCUT2D eigenvalue weighted by molar-refractivity contribution is 7.19. The zero-order valence-corrected chi connectivity index (χ0v) is 15.5. The van der Waals surface area contributed by atoms with E-state index < -0.39 is 0 Å². The normalized spacial score (nSPS) is 10.4. The zero-order chi connectivity index (χ0) is 19.1. The van der Waals surface area contributed by atoms with Gasteiger partial charge in [-0.05, 0) is 36.7 Å². The molecule has 1 aromatic heterocycles. The van der Waals surface area contributed by atoms with Crippen LogP contribution in [0.4, 0.5) is 5.13 Å². The van der Waals surface area contributed by atoms with Gasteiger partial charge in [0.05, 0.1) is 4.88 Å². The molecule has 3 rings (SSSR count). The fraction of sp³-hybridized carbons (Fsp3) is 0.150. The van der Waals surface area contributed by atoms with Crippen LogP contribution in [0.25, 0.3) is 10.4 Å². The molecule has 0 unspecified atom stereocenters. The Hall–Kier alpha value is -3.03. The predicted molar refractivity (Wildman–Crippen MR) is 108 cm³/mol. The van der Waals surface area contributed by atoms with Crippen molar-refractivity contribution in [3.63, 3.8) is 0 Å².